The summed E-state index contributed by atoms with van der Waals surface area (Å²) in [6.45, 7) is 3.56. The highest BCUT2D eigenvalue weighted by Crippen LogP contribution is 2.32. The number of aromatic nitrogens is 2. The number of halogens is 1. The number of aryl methyl sites for hydroxylation is 1. The number of hydrogen-bond acceptors (Lipinski definition) is 4. The van der Waals surface area contributed by atoms with Crippen LogP contribution in [0.5, 0.6) is 0 Å². The van der Waals surface area contributed by atoms with Crippen LogP contribution in [0.1, 0.15) is 12.6 Å². The highest BCUT2D eigenvalue weighted by molar-refractivity contribution is 7.91. The molecule has 0 saturated carbocycles. The molecule has 0 fully saturated rings. The average Bonchev–Trinajstić information content (AvgIpc) is 2.62. The molecule has 25 heavy (non-hydrogen) atoms. The number of sulfone groups is 1. The van der Waals surface area contributed by atoms with E-state index in [0.717, 1.165) is 28.1 Å². The van der Waals surface area contributed by atoms with Gasteiger partial charge in [0.1, 0.15) is 0 Å². The molecule has 6 heteroatoms. The van der Waals surface area contributed by atoms with Gasteiger partial charge in [-0.3, -0.25) is 9.97 Å². The van der Waals surface area contributed by atoms with E-state index in [9.17, 15) is 8.42 Å². The topological polar surface area (TPSA) is 59.9 Å². The lowest BCUT2D eigenvalue weighted by molar-refractivity contribution is 0.597. The van der Waals surface area contributed by atoms with Crippen LogP contribution in [-0.4, -0.2) is 24.1 Å². The zero-order chi connectivity index (χ0) is 18.0. The molecule has 0 aliphatic heterocycles. The monoisotopic (exact) mass is 372 g/mol. The fourth-order valence-electron chi connectivity index (χ4n) is 2.51. The molecule has 0 saturated heterocycles. The smallest absolute Gasteiger partial charge is 0.178 e. The van der Waals surface area contributed by atoms with E-state index < -0.39 is 9.84 Å². The van der Waals surface area contributed by atoms with Crippen molar-refractivity contribution in [2.24, 2.45) is 0 Å². The minimum Gasteiger partial charge on any atom is -0.261 e. The van der Waals surface area contributed by atoms with E-state index in [1.807, 2.05) is 25.1 Å². The number of benzene rings is 1. The predicted octanol–water partition coefficient (Wildman–Crippen LogP) is 4.57. The Labute approximate surface area is 152 Å². The van der Waals surface area contributed by atoms with Crippen LogP contribution in [0.25, 0.3) is 22.4 Å². The van der Waals surface area contributed by atoms with Crippen molar-refractivity contribution in [3.8, 4) is 22.4 Å². The Balaban J connectivity index is 2.11. The van der Waals surface area contributed by atoms with Gasteiger partial charge in [-0.1, -0.05) is 30.7 Å². The second kappa shape index (κ2) is 6.94. The molecular formula is C19H17ClN2O2S. The largest absolute Gasteiger partial charge is 0.261 e. The highest BCUT2D eigenvalue weighted by Gasteiger charge is 2.14. The van der Waals surface area contributed by atoms with Crippen molar-refractivity contribution in [3.63, 3.8) is 0 Å². The van der Waals surface area contributed by atoms with Crippen molar-refractivity contribution in [2.75, 3.05) is 5.75 Å². The van der Waals surface area contributed by atoms with Gasteiger partial charge in [0, 0.05) is 29.2 Å². The van der Waals surface area contributed by atoms with Crippen molar-refractivity contribution in [1.82, 2.24) is 9.97 Å². The van der Waals surface area contributed by atoms with E-state index in [1.54, 1.807) is 43.6 Å². The highest BCUT2D eigenvalue weighted by atomic mass is 35.5. The summed E-state index contributed by atoms with van der Waals surface area (Å²) in [4.78, 5) is 9.08. The molecule has 2 heterocycles. The van der Waals surface area contributed by atoms with Gasteiger partial charge < -0.3 is 0 Å². The lowest BCUT2D eigenvalue weighted by atomic mass is 10.0. The molecule has 0 amide bonds. The van der Waals surface area contributed by atoms with Gasteiger partial charge in [0.25, 0.3) is 0 Å². The third-order valence-corrected chi connectivity index (χ3v) is 5.90. The Morgan fingerprint density at radius 3 is 2.24 bits per heavy atom. The van der Waals surface area contributed by atoms with Crippen molar-refractivity contribution in [1.29, 1.82) is 0 Å². The van der Waals surface area contributed by atoms with Gasteiger partial charge in [-0.25, -0.2) is 8.42 Å². The van der Waals surface area contributed by atoms with Crippen LogP contribution in [0.15, 0.2) is 59.8 Å². The van der Waals surface area contributed by atoms with Crippen LogP contribution in [0.3, 0.4) is 0 Å². The van der Waals surface area contributed by atoms with Crippen LogP contribution in [0, 0.1) is 6.92 Å². The molecule has 0 aliphatic rings. The number of hydrogen-bond donors (Lipinski definition) is 0. The van der Waals surface area contributed by atoms with Crippen LogP contribution >= 0.6 is 11.6 Å². The van der Waals surface area contributed by atoms with Gasteiger partial charge in [0.15, 0.2) is 9.84 Å². The lowest BCUT2D eigenvalue weighted by Crippen LogP contribution is -2.03. The van der Waals surface area contributed by atoms with E-state index in [0.29, 0.717) is 9.92 Å². The Bertz CT molecular complexity index is 999. The van der Waals surface area contributed by atoms with Gasteiger partial charge in [-0.15, -0.1) is 0 Å². The van der Waals surface area contributed by atoms with E-state index in [2.05, 4.69) is 9.97 Å². The molecule has 1 aromatic carbocycles. The second-order valence-corrected chi connectivity index (χ2v) is 8.38. The minimum absolute atomic E-state index is 0.0748. The van der Waals surface area contributed by atoms with Crippen molar-refractivity contribution in [2.45, 2.75) is 18.7 Å². The molecule has 4 nitrogen and oxygen atoms in total. The third kappa shape index (κ3) is 3.72. The Morgan fingerprint density at radius 2 is 1.64 bits per heavy atom. The fourth-order valence-corrected chi connectivity index (χ4v) is 3.55. The lowest BCUT2D eigenvalue weighted by Gasteiger charge is -2.11. The molecule has 3 rings (SSSR count). The molecule has 0 bridgehead atoms. The molecule has 128 valence electrons. The van der Waals surface area contributed by atoms with Crippen molar-refractivity contribution >= 4 is 21.4 Å². The zero-order valence-corrected chi connectivity index (χ0v) is 15.5. The summed E-state index contributed by atoms with van der Waals surface area (Å²) in [6, 6.07) is 12.5. The minimum atomic E-state index is -3.22. The molecule has 0 radical (unpaired) electrons. The van der Waals surface area contributed by atoms with Crippen LogP contribution in [0.2, 0.25) is 5.02 Å². The molecule has 0 N–H and O–H groups in total. The number of pyridine rings is 2. The Morgan fingerprint density at radius 1 is 0.960 bits per heavy atom. The Kier molecular flexibility index (Phi) is 4.88. The van der Waals surface area contributed by atoms with Gasteiger partial charge in [0.05, 0.1) is 21.4 Å². The first-order chi connectivity index (χ1) is 11.9. The van der Waals surface area contributed by atoms with Gasteiger partial charge in [-0.2, -0.15) is 0 Å². The summed E-state index contributed by atoms with van der Waals surface area (Å²) < 4.78 is 24.0. The zero-order valence-electron chi connectivity index (χ0n) is 13.9. The summed E-state index contributed by atoms with van der Waals surface area (Å²) in [7, 11) is -3.22. The number of rotatable bonds is 4. The van der Waals surface area contributed by atoms with E-state index in [-0.39, 0.29) is 5.75 Å². The molecule has 0 aliphatic carbocycles. The second-order valence-electron chi connectivity index (χ2n) is 5.67. The normalized spacial score (nSPS) is 11.5. The fraction of sp³-hybridized carbons (Fsp3) is 0.158. The third-order valence-electron chi connectivity index (χ3n) is 3.94. The molecule has 3 aromatic rings. The Hall–Kier alpha value is -2.24. The molecule has 0 unspecified atom stereocenters. The summed E-state index contributed by atoms with van der Waals surface area (Å²) in [5.74, 6) is 0.0748. The maximum atomic E-state index is 12.0. The number of nitrogens with zero attached hydrogens (tertiary/aromatic N) is 2. The summed E-state index contributed by atoms with van der Waals surface area (Å²) in [5, 5.41) is 0.518. The van der Waals surface area contributed by atoms with E-state index in [1.165, 1.54) is 0 Å². The first kappa shape index (κ1) is 17.6. The SMILES string of the molecule is CCS(=O)(=O)c1ccc(-c2cc(Cl)cnc2-c2ccc(C)nc2)cc1. The summed E-state index contributed by atoms with van der Waals surface area (Å²) in [5.41, 5.74) is 4.23. The standard InChI is InChI=1S/C19H17ClN2O2S/c1-3-25(23,24)17-8-6-14(7-9-17)18-10-16(20)12-22-19(18)15-5-4-13(2)21-11-15/h4-12H,3H2,1-2H3. The molecule has 0 spiro atoms. The average molecular weight is 373 g/mol. The van der Waals surface area contributed by atoms with Gasteiger partial charge in [0.2, 0.25) is 0 Å². The quantitative estimate of drug-likeness (QED) is 0.673. The van der Waals surface area contributed by atoms with Crippen LogP contribution in [0.4, 0.5) is 0 Å². The van der Waals surface area contributed by atoms with Crippen LogP contribution in [-0.2, 0) is 9.84 Å². The first-order valence-electron chi connectivity index (χ1n) is 7.82. The molecule has 0 atom stereocenters. The van der Waals surface area contributed by atoms with Gasteiger partial charge >= 0.3 is 0 Å². The maximum absolute atomic E-state index is 12.0. The predicted molar refractivity (Wildman–Crippen MR) is 100 cm³/mol. The van der Waals surface area contributed by atoms with Gasteiger partial charge in [-0.05, 0) is 42.8 Å². The van der Waals surface area contributed by atoms with Crippen molar-refractivity contribution in [3.05, 3.63) is 65.6 Å². The summed E-state index contributed by atoms with van der Waals surface area (Å²) >= 11 is 6.13. The maximum Gasteiger partial charge on any atom is 0.178 e. The first-order valence-corrected chi connectivity index (χ1v) is 9.85. The summed E-state index contributed by atoms with van der Waals surface area (Å²) in [6.07, 6.45) is 3.36. The molecular weight excluding hydrogens is 356 g/mol. The molecule has 2 aromatic heterocycles. The van der Waals surface area contributed by atoms with E-state index >= 15 is 0 Å². The van der Waals surface area contributed by atoms with Crippen LogP contribution < -0.4 is 0 Å². The van der Waals surface area contributed by atoms with E-state index in [4.69, 9.17) is 11.6 Å². The van der Waals surface area contributed by atoms with Crippen molar-refractivity contribution < 1.29 is 8.42 Å².